The van der Waals surface area contributed by atoms with Gasteiger partial charge in [0.15, 0.2) is 11.6 Å². The molecule has 476 valence electrons. The summed E-state index contributed by atoms with van der Waals surface area (Å²) in [5.74, 6) is -5.32. The van der Waals surface area contributed by atoms with Crippen molar-refractivity contribution < 1.29 is 86.2 Å². The van der Waals surface area contributed by atoms with Crippen LogP contribution in [0.4, 0.5) is 0 Å². The number of amides is 14. The van der Waals surface area contributed by atoms with Crippen molar-refractivity contribution in [2.75, 3.05) is 92.3 Å². The number of carbonyl (C=O) groups excluding carboxylic acids is 16. The molecule has 0 aliphatic carbocycles. The summed E-state index contributed by atoms with van der Waals surface area (Å²) in [5, 5.41) is 15.1. The summed E-state index contributed by atoms with van der Waals surface area (Å²) in [6.45, 7) is 1.48. The minimum atomic E-state index is -0.799. The molecule has 0 radical (unpaired) electrons. The molecule has 0 aromatic carbocycles. The average Bonchev–Trinajstić information content (AvgIpc) is 3.44. The molecule has 0 bridgehead atoms. The Morgan fingerprint density at radius 2 is 0.779 bits per heavy atom. The smallest absolute Gasteiger partial charge is 0.253 e. The number of ketones is 2. The summed E-state index contributed by atoms with van der Waals surface area (Å²) in [6, 6.07) is -1.59. The van der Waals surface area contributed by atoms with Crippen LogP contribution in [0.25, 0.3) is 0 Å². The summed E-state index contributed by atoms with van der Waals surface area (Å²) in [4.78, 5) is 197. The molecule has 4 aliphatic rings. The standard InChI is InChI=1S/C29H45N5O9S2.C27H37N5O9/c1-30-23(36)11-16-43-15-6-8-20(35)19(32-25(38)10-14-34-27(40)18-22(45-3)29(34)42)7-4-5-12-31-24(37)9-13-33-26(39)17-21(44-2)28(33)41;1-28-21(34)13-18-41-17-4-6-20(33)19(30-23(36)12-16-32-26(39)9-10-27(32)40)5-2-3-14-29-22(35)11-15-31-24(37)7-8-25(31)38/h19,21-22H,4-18H2,1-3H3,(H,30,36)(H,31,37)(H,32,38);7-10,19H,2-6,11-18H2,1H3,(H,28,34)(H,29,35)(H,30,36). The van der Waals surface area contributed by atoms with Crippen molar-refractivity contribution >= 4 is 118 Å². The van der Waals surface area contributed by atoms with Crippen LogP contribution in [0.15, 0.2) is 24.3 Å². The number of carbonyl (C=O) groups is 16. The fourth-order valence-corrected chi connectivity index (χ4v) is 10.1. The highest BCUT2D eigenvalue weighted by Gasteiger charge is 2.39. The van der Waals surface area contributed by atoms with Gasteiger partial charge in [-0.15, -0.1) is 0 Å². The second-order valence-corrected chi connectivity index (χ2v) is 22.2. The molecule has 4 atom stereocenters. The van der Waals surface area contributed by atoms with E-state index in [0.717, 1.165) is 43.9 Å². The number of ether oxygens (including phenoxy) is 2. The number of thioether (sulfide) groups is 2. The fourth-order valence-electron chi connectivity index (χ4n) is 8.87. The largest absolute Gasteiger partial charge is 0.381 e. The zero-order valence-corrected chi connectivity index (χ0v) is 51.0. The first-order valence-corrected chi connectivity index (χ1v) is 31.3. The van der Waals surface area contributed by atoms with E-state index in [1.54, 1.807) is 12.5 Å². The van der Waals surface area contributed by atoms with E-state index in [1.165, 1.54) is 37.6 Å². The number of likely N-dealkylation sites (tertiary alicyclic amines) is 2. The minimum absolute atomic E-state index is 0.000646. The van der Waals surface area contributed by atoms with Gasteiger partial charge in [-0.3, -0.25) is 96.3 Å². The molecule has 30 heteroatoms. The van der Waals surface area contributed by atoms with Gasteiger partial charge in [-0.2, -0.15) is 23.5 Å². The van der Waals surface area contributed by atoms with Gasteiger partial charge < -0.3 is 41.4 Å². The molecule has 86 heavy (non-hydrogen) atoms. The van der Waals surface area contributed by atoms with E-state index < -0.39 is 58.0 Å². The van der Waals surface area contributed by atoms with Crippen LogP contribution in [-0.2, 0) is 86.2 Å². The van der Waals surface area contributed by atoms with Crippen LogP contribution in [0.1, 0.15) is 116 Å². The predicted octanol–water partition coefficient (Wildman–Crippen LogP) is -1.09. The van der Waals surface area contributed by atoms with Crippen molar-refractivity contribution in [3.8, 4) is 0 Å². The molecule has 4 heterocycles. The Bertz CT molecular complexity index is 2490. The number of hydrogen-bond donors (Lipinski definition) is 6. The van der Waals surface area contributed by atoms with Crippen LogP contribution >= 0.6 is 23.5 Å². The molecule has 2 fully saturated rings. The van der Waals surface area contributed by atoms with Gasteiger partial charge in [0.2, 0.25) is 59.1 Å². The van der Waals surface area contributed by atoms with E-state index in [4.69, 9.17) is 9.47 Å². The number of nitrogens with one attached hydrogen (secondary N) is 6. The highest BCUT2D eigenvalue weighted by molar-refractivity contribution is 8.00. The molecular weight excluding hydrogens is 1160 g/mol. The SMILES string of the molecule is CNC(=O)CCOCCCC(=O)C(CCCCNC(=O)CCN1C(=O)C=CC1=O)NC(=O)CCN1C(=O)C=CC1=O.CNC(=O)CCOCCCC(=O)C(CCCCNC(=O)CCN1C(=O)CC(SC)C1=O)NC(=O)CCN1C(=O)CC(SC)C1=O. The third kappa shape index (κ3) is 26.6. The molecule has 6 N–H and O–H groups in total. The van der Waals surface area contributed by atoms with Gasteiger partial charge in [0, 0.05) is 155 Å². The summed E-state index contributed by atoms with van der Waals surface area (Å²) in [6.07, 6.45) is 12.2. The topological polar surface area (TPSA) is 377 Å². The van der Waals surface area contributed by atoms with E-state index in [-0.39, 0.29) is 176 Å². The predicted molar refractivity (Wildman–Crippen MR) is 313 cm³/mol. The minimum Gasteiger partial charge on any atom is -0.381 e. The van der Waals surface area contributed by atoms with Crippen molar-refractivity contribution in [2.45, 2.75) is 138 Å². The monoisotopic (exact) mass is 1250 g/mol. The van der Waals surface area contributed by atoms with Crippen LogP contribution in [0.3, 0.4) is 0 Å². The van der Waals surface area contributed by atoms with Gasteiger partial charge in [-0.1, -0.05) is 0 Å². The summed E-state index contributed by atoms with van der Waals surface area (Å²) in [5.41, 5.74) is 0. The zero-order valence-electron chi connectivity index (χ0n) is 49.4. The second-order valence-electron chi connectivity index (χ2n) is 20.1. The Balaban J connectivity index is 0.000000452. The normalized spacial score (nSPS) is 17.0. The molecule has 0 aromatic heterocycles. The Kier molecular flexibility index (Phi) is 34.2. The van der Waals surface area contributed by atoms with Gasteiger partial charge in [-0.05, 0) is 63.9 Å². The number of nitrogens with zero attached hydrogens (tertiary/aromatic N) is 4. The number of unbranched alkanes of at least 4 members (excludes halogenated alkanes) is 2. The molecule has 0 aromatic rings. The summed E-state index contributed by atoms with van der Waals surface area (Å²) < 4.78 is 10.8. The van der Waals surface area contributed by atoms with Crippen LogP contribution in [-0.4, -0.2) is 229 Å². The lowest BCUT2D eigenvalue weighted by Crippen LogP contribution is -2.43. The maximum atomic E-state index is 13.0. The van der Waals surface area contributed by atoms with Crippen molar-refractivity contribution in [3.63, 3.8) is 0 Å². The Morgan fingerprint density at radius 1 is 0.442 bits per heavy atom. The number of imide groups is 4. The molecule has 4 aliphatic heterocycles. The van der Waals surface area contributed by atoms with Gasteiger partial charge in [0.1, 0.15) is 0 Å². The molecule has 0 spiro atoms. The maximum absolute atomic E-state index is 13.0. The maximum Gasteiger partial charge on any atom is 0.253 e. The Labute approximate surface area is 508 Å². The Hall–Kier alpha value is -7.18. The van der Waals surface area contributed by atoms with E-state index in [0.29, 0.717) is 64.5 Å². The van der Waals surface area contributed by atoms with Crippen LogP contribution in [0, 0.1) is 0 Å². The van der Waals surface area contributed by atoms with Gasteiger partial charge in [0.25, 0.3) is 23.6 Å². The molecular formula is C56H82N10O18S2. The highest BCUT2D eigenvalue weighted by atomic mass is 32.2. The number of Topliss-reactive ketones (excluding diaryl/α,β-unsaturated/α-hetero) is 2. The molecule has 4 rings (SSSR count). The number of rotatable bonds is 42. The van der Waals surface area contributed by atoms with Crippen molar-refractivity contribution in [2.24, 2.45) is 0 Å². The Morgan fingerprint density at radius 3 is 1.10 bits per heavy atom. The van der Waals surface area contributed by atoms with E-state index in [9.17, 15) is 76.7 Å². The van der Waals surface area contributed by atoms with Crippen molar-refractivity contribution in [3.05, 3.63) is 24.3 Å². The van der Waals surface area contributed by atoms with E-state index in [1.807, 2.05) is 0 Å². The van der Waals surface area contributed by atoms with Gasteiger partial charge >= 0.3 is 0 Å². The van der Waals surface area contributed by atoms with Crippen molar-refractivity contribution in [1.29, 1.82) is 0 Å². The van der Waals surface area contributed by atoms with Gasteiger partial charge in [0.05, 0.1) is 35.8 Å². The van der Waals surface area contributed by atoms with Crippen molar-refractivity contribution in [1.82, 2.24) is 51.5 Å². The van der Waals surface area contributed by atoms with E-state index in [2.05, 4.69) is 31.9 Å². The van der Waals surface area contributed by atoms with Crippen LogP contribution in [0.5, 0.6) is 0 Å². The lowest BCUT2D eigenvalue weighted by Gasteiger charge is -2.19. The van der Waals surface area contributed by atoms with Gasteiger partial charge in [-0.25, -0.2) is 0 Å². The lowest BCUT2D eigenvalue weighted by atomic mass is 10.0. The molecule has 14 amide bonds. The zero-order chi connectivity index (χ0) is 63.6. The molecule has 28 nitrogen and oxygen atoms in total. The molecule has 4 unspecified atom stereocenters. The van der Waals surface area contributed by atoms with Crippen LogP contribution in [0.2, 0.25) is 0 Å². The second kappa shape index (κ2) is 40.2. The van der Waals surface area contributed by atoms with E-state index >= 15 is 0 Å². The first-order valence-electron chi connectivity index (χ1n) is 28.7. The summed E-state index contributed by atoms with van der Waals surface area (Å²) >= 11 is 2.61. The summed E-state index contributed by atoms with van der Waals surface area (Å²) in [7, 11) is 3.06. The highest BCUT2D eigenvalue weighted by Crippen LogP contribution is 2.24. The first-order chi connectivity index (χ1) is 41.1. The average molecular weight is 1250 g/mol. The quantitative estimate of drug-likeness (QED) is 0.0312. The lowest BCUT2D eigenvalue weighted by molar-refractivity contribution is -0.140. The first kappa shape index (κ1) is 73.1. The number of hydrogen-bond acceptors (Lipinski definition) is 20. The fraction of sp³-hybridized carbons (Fsp3) is 0.643. The molecule has 0 saturated carbocycles. The molecule has 2 saturated heterocycles. The van der Waals surface area contributed by atoms with Crippen LogP contribution < -0.4 is 31.9 Å². The third-order valence-corrected chi connectivity index (χ3v) is 15.8. The third-order valence-electron chi connectivity index (χ3n) is 13.9.